The monoisotopic (exact) mass is 370 g/mol. The highest BCUT2D eigenvalue weighted by molar-refractivity contribution is 5.82. The van der Waals surface area contributed by atoms with Crippen LogP contribution in [0, 0.1) is 0 Å². The summed E-state index contributed by atoms with van der Waals surface area (Å²) in [4.78, 5) is 0. The molecule has 0 amide bonds. The van der Waals surface area contributed by atoms with Crippen molar-refractivity contribution >= 4 is 0 Å². The van der Waals surface area contributed by atoms with E-state index in [-0.39, 0.29) is 11.5 Å². The highest BCUT2D eigenvalue weighted by Crippen LogP contribution is 2.41. The van der Waals surface area contributed by atoms with Crippen molar-refractivity contribution < 1.29 is 10.2 Å². The smallest absolute Gasteiger partial charge is 0.126 e. The quantitative estimate of drug-likeness (QED) is 0.469. The molecule has 2 nitrogen and oxygen atoms in total. The van der Waals surface area contributed by atoms with Crippen LogP contribution in [0.5, 0.6) is 11.5 Å². The second-order valence-electron chi connectivity index (χ2n) is 6.89. The number of hydrogen-bond donors (Lipinski definition) is 2. The van der Waals surface area contributed by atoms with Crippen molar-refractivity contribution in [2.24, 2.45) is 0 Å². The molecular formula is C26H26O2. The third-order valence-electron chi connectivity index (χ3n) is 4.97. The third-order valence-corrected chi connectivity index (χ3v) is 4.97. The SMILES string of the molecule is C=CCc1cc(CC)cc(-c2cc(CC=C)c(O)c(-c3ccccc3)c2)c1O. The minimum absolute atomic E-state index is 0.257. The molecule has 0 atom stereocenters. The average molecular weight is 370 g/mol. The lowest BCUT2D eigenvalue weighted by atomic mass is 9.91. The molecule has 0 aliphatic heterocycles. The normalized spacial score (nSPS) is 10.6. The van der Waals surface area contributed by atoms with E-state index in [1.807, 2.05) is 54.6 Å². The van der Waals surface area contributed by atoms with Crippen LogP contribution in [-0.2, 0) is 19.3 Å². The van der Waals surface area contributed by atoms with Crippen LogP contribution in [0.25, 0.3) is 22.3 Å². The predicted octanol–water partition coefficient (Wildman–Crippen LogP) is 6.45. The zero-order chi connectivity index (χ0) is 20.1. The molecule has 0 fully saturated rings. The van der Waals surface area contributed by atoms with E-state index in [1.54, 1.807) is 12.2 Å². The Bertz CT molecular complexity index is 1000. The van der Waals surface area contributed by atoms with Crippen LogP contribution in [-0.4, -0.2) is 10.2 Å². The predicted molar refractivity (Wildman–Crippen MR) is 118 cm³/mol. The second-order valence-corrected chi connectivity index (χ2v) is 6.89. The summed E-state index contributed by atoms with van der Waals surface area (Å²) >= 11 is 0. The molecule has 0 bridgehead atoms. The first kappa shape index (κ1) is 19.5. The molecule has 3 aromatic rings. The van der Waals surface area contributed by atoms with Gasteiger partial charge in [0.1, 0.15) is 11.5 Å². The summed E-state index contributed by atoms with van der Waals surface area (Å²) in [5, 5.41) is 21.7. The van der Waals surface area contributed by atoms with Crippen LogP contribution in [0.1, 0.15) is 23.6 Å². The Morgan fingerprint density at radius 2 is 1.32 bits per heavy atom. The minimum Gasteiger partial charge on any atom is -0.507 e. The number of benzene rings is 3. The van der Waals surface area contributed by atoms with E-state index in [9.17, 15) is 10.2 Å². The van der Waals surface area contributed by atoms with Gasteiger partial charge in [0, 0.05) is 11.1 Å². The Kier molecular flexibility index (Phi) is 6.00. The molecule has 0 heterocycles. The fourth-order valence-electron chi connectivity index (χ4n) is 3.49. The summed E-state index contributed by atoms with van der Waals surface area (Å²) in [7, 11) is 0. The lowest BCUT2D eigenvalue weighted by Crippen LogP contribution is -1.94. The van der Waals surface area contributed by atoms with E-state index in [0.29, 0.717) is 12.8 Å². The Hall–Kier alpha value is -3.26. The topological polar surface area (TPSA) is 40.5 Å². The molecule has 0 spiro atoms. The first-order valence-corrected chi connectivity index (χ1v) is 9.57. The van der Waals surface area contributed by atoms with Gasteiger partial charge in [-0.2, -0.15) is 0 Å². The van der Waals surface area contributed by atoms with Crippen molar-refractivity contribution in [1.82, 2.24) is 0 Å². The maximum Gasteiger partial charge on any atom is 0.126 e. The first-order valence-electron chi connectivity index (χ1n) is 9.57. The molecule has 2 heteroatoms. The molecule has 2 N–H and O–H groups in total. The van der Waals surface area contributed by atoms with E-state index < -0.39 is 0 Å². The van der Waals surface area contributed by atoms with Gasteiger partial charge in [-0.1, -0.05) is 55.5 Å². The van der Waals surface area contributed by atoms with Gasteiger partial charge in [-0.15, -0.1) is 13.2 Å². The van der Waals surface area contributed by atoms with Gasteiger partial charge < -0.3 is 10.2 Å². The van der Waals surface area contributed by atoms with Gasteiger partial charge in [0.2, 0.25) is 0 Å². The standard InChI is InChI=1S/C26H26O2/c1-4-10-20-14-18(6-3)15-23(25(20)27)22-16-21(11-5-2)26(28)24(17-22)19-12-8-7-9-13-19/h4-5,7-9,12-17,27-28H,1-2,6,10-11H2,3H3. The molecule has 3 aromatic carbocycles. The number of rotatable bonds is 7. The van der Waals surface area contributed by atoms with Gasteiger partial charge in [0.15, 0.2) is 0 Å². The molecule has 0 saturated heterocycles. The van der Waals surface area contributed by atoms with Gasteiger partial charge in [0.05, 0.1) is 0 Å². The maximum atomic E-state index is 10.9. The molecule has 0 aliphatic carbocycles. The van der Waals surface area contributed by atoms with Gasteiger partial charge in [-0.3, -0.25) is 0 Å². The van der Waals surface area contributed by atoms with Crippen LogP contribution in [0.4, 0.5) is 0 Å². The molecule has 3 rings (SSSR count). The summed E-state index contributed by atoms with van der Waals surface area (Å²) in [6, 6.07) is 17.7. The van der Waals surface area contributed by atoms with Gasteiger partial charge in [-0.05, 0) is 65.3 Å². The summed E-state index contributed by atoms with van der Waals surface area (Å²) < 4.78 is 0. The van der Waals surface area contributed by atoms with E-state index in [4.69, 9.17) is 0 Å². The van der Waals surface area contributed by atoms with Gasteiger partial charge in [0.25, 0.3) is 0 Å². The minimum atomic E-state index is 0.257. The highest BCUT2D eigenvalue weighted by atomic mass is 16.3. The molecule has 0 saturated carbocycles. The van der Waals surface area contributed by atoms with Crippen LogP contribution in [0.2, 0.25) is 0 Å². The molecular weight excluding hydrogens is 344 g/mol. The molecule has 0 aliphatic rings. The summed E-state index contributed by atoms with van der Waals surface area (Å²) in [5.74, 6) is 0.527. The molecule has 0 aromatic heterocycles. The van der Waals surface area contributed by atoms with Gasteiger partial charge >= 0.3 is 0 Å². The number of allylic oxidation sites excluding steroid dienone is 2. The largest absolute Gasteiger partial charge is 0.507 e. The Balaban J connectivity index is 2.27. The summed E-state index contributed by atoms with van der Waals surface area (Å²) in [6.07, 6.45) is 5.61. The number of aryl methyl sites for hydroxylation is 1. The fourth-order valence-corrected chi connectivity index (χ4v) is 3.49. The third kappa shape index (κ3) is 3.86. The Labute approximate surface area is 167 Å². The lowest BCUT2D eigenvalue weighted by Gasteiger charge is -2.16. The van der Waals surface area contributed by atoms with Crippen molar-refractivity contribution in [2.45, 2.75) is 26.2 Å². The number of aromatic hydroxyl groups is 2. The summed E-state index contributed by atoms with van der Waals surface area (Å²) in [6.45, 7) is 9.72. The number of phenolic OH excluding ortho intramolecular Hbond substituents is 2. The molecule has 28 heavy (non-hydrogen) atoms. The zero-order valence-electron chi connectivity index (χ0n) is 16.3. The van der Waals surface area contributed by atoms with E-state index in [0.717, 1.165) is 45.4 Å². The van der Waals surface area contributed by atoms with E-state index in [2.05, 4.69) is 20.1 Å². The van der Waals surface area contributed by atoms with E-state index >= 15 is 0 Å². The fraction of sp³-hybridized carbons (Fsp3) is 0.154. The van der Waals surface area contributed by atoms with Crippen molar-refractivity contribution in [3.05, 3.63) is 96.6 Å². The van der Waals surface area contributed by atoms with Crippen molar-refractivity contribution in [3.63, 3.8) is 0 Å². The number of phenols is 2. The summed E-state index contributed by atoms with van der Waals surface area (Å²) in [5.41, 5.74) is 6.16. The highest BCUT2D eigenvalue weighted by Gasteiger charge is 2.16. The molecule has 0 radical (unpaired) electrons. The van der Waals surface area contributed by atoms with Crippen molar-refractivity contribution in [3.8, 4) is 33.8 Å². The Morgan fingerprint density at radius 1 is 0.750 bits per heavy atom. The maximum absolute atomic E-state index is 10.9. The van der Waals surface area contributed by atoms with Crippen LogP contribution in [0.3, 0.4) is 0 Å². The molecule has 0 unspecified atom stereocenters. The Morgan fingerprint density at radius 3 is 1.89 bits per heavy atom. The lowest BCUT2D eigenvalue weighted by molar-refractivity contribution is 0.469. The number of hydrogen-bond acceptors (Lipinski definition) is 2. The van der Waals surface area contributed by atoms with Crippen LogP contribution in [0.15, 0.2) is 79.9 Å². The van der Waals surface area contributed by atoms with Crippen molar-refractivity contribution in [2.75, 3.05) is 0 Å². The van der Waals surface area contributed by atoms with Gasteiger partial charge in [-0.25, -0.2) is 0 Å². The second kappa shape index (κ2) is 8.62. The molecule has 142 valence electrons. The zero-order valence-corrected chi connectivity index (χ0v) is 16.3. The van der Waals surface area contributed by atoms with Crippen molar-refractivity contribution in [1.29, 1.82) is 0 Å². The van der Waals surface area contributed by atoms with Crippen LogP contribution < -0.4 is 0 Å². The average Bonchev–Trinajstić information content (AvgIpc) is 2.72. The van der Waals surface area contributed by atoms with E-state index in [1.165, 1.54) is 0 Å². The first-order chi connectivity index (χ1) is 13.6. The van der Waals surface area contributed by atoms with Crippen LogP contribution >= 0.6 is 0 Å².